The monoisotopic (exact) mass is 405 g/mol. The number of thiocyanates is 1. The number of thiazole rings is 1. The fourth-order valence-electron chi connectivity index (χ4n) is 2.95. The molecule has 0 saturated carbocycles. The highest BCUT2D eigenvalue weighted by Gasteiger charge is 2.19. The Morgan fingerprint density at radius 2 is 2.15 bits per heavy atom. The van der Waals surface area contributed by atoms with Gasteiger partial charge in [0.05, 0.1) is 23.4 Å². The maximum Gasteiger partial charge on any atom is 0.240 e. The number of nitriles is 1. The van der Waals surface area contributed by atoms with Gasteiger partial charge in [0.15, 0.2) is 5.13 Å². The van der Waals surface area contributed by atoms with E-state index in [1.54, 1.807) is 0 Å². The molecule has 1 saturated heterocycles. The average molecular weight is 406 g/mol. The lowest BCUT2D eigenvalue weighted by Gasteiger charge is -2.34. The molecule has 1 aromatic heterocycles. The van der Waals surface area contributed by atoms with Crippen LogP contribution >= 0.6 is 23.1 Å². The summed E-state index contributed by atoms with van der Waals surface area (Å²) in [6.07, 6.45) is 0. The molecule has 9 heteroatoms. The van der Waals surface area contributed by atoms with E-state index in [0.29, 0.717) is 11.7 Å². The Balaban J connectivity index is 1.47. The lowest BCUT2D eigenvalue weighted by Crippen LogP contribution is -2.49. The van der Waals surface area contributed by atoms with E-state index >= 15 is 0 Å². The van der Waals surface area contributed by atoms with Gasteiger partial charge in [0.2, 0.25) is 5.91 Å². The average Bonchev–Trinajstić information content (AvgIpc) is 3.05. The van der Waals surface area contributed by atoms with Crippen molar-refractivity contribution in [2.24, 2.45) is 0 Å². The summed E-state index contributed by atoms with van der Waals surface area (Å²) in [5.74, 6) is -0.0385. The fourth-order valence-corrected chi connectivity index (χ4v) is 4.36. The summed E-state index contributed by atoms with van der Waals surface area (Å²) in [4.78, 5) is 22.2. The minimum Gasteiger partial charge on any atom is -0.380 e. The standard InChI is InChI=1S/C18H23N5O2S2/c1-2-25-10-9-22-5-7-23(8-6-22)12-17(24)21-18-20-15-4-3-14(26-13-19)11-16(15)27-18/h3-4,11H,2,5-10,12H2,1H3,(H,20,21,24). The number of hydrogen-bond acceptors (Lipinski definition) is 8. The first-order valence-electron chi connectivity index (χ1n) is 8.96. The molecule has 7 nitrogen and oxygen atoms in total. The molecule has 0 unspecified atom stereocenters. The van der Waals surface area contributed by atoms with Gasteiger partial charge in [-0.05, 0) is 36.9 Å². The van der Waals surface area contributed by atoms with Crippen LogP contribution in [0.3, 0.4) is 0 Å². The molecule has 0 bridgehead atoms. The number of ether oxygens (including phenoxy) is 1. The summed E-state index contributed by atoms with van der Waals surface area (Å²) in [7, 11) is 0. The second-order valence-electron chi connectivity index (χ2n) is 6.20. The predicted octanol–water partition coefficient (Wildman–Crippen LogP) is 2.46. The Kier molecular flexibility index (Phi) is 7.43. The van der Waals surface area contributed by atoms with Crippen molar-refractivity contribution in [1.29, 1.82) is 5.26 Å². The Labute approximate surface area is 167 Å². The number of nitrogens with zero attached hydrogens (tertiary/aromatic N) is 4. The normalized spacial score (nSPS) is 15.7. The second kappa shape index (κ2) is 10.0. The predicted molar refractivity (Wildman–Crippen MR) is 109 cm³/mol. The van der Waals surface area contributed by atoms with Crippen molar-refractivity contribution in [3.8, 4) is 5.40 Å². The molecule has 0 spiro atoms. The molecule has 1 N–H and O–H groups in total. The molecule has 27 heavy (non-hydrogen) atoms. The van der Waals surface area contributed by atoms with E-state index in [0.717, 1.165) is 72.8 Å². The van der Waals surface area contributed by atoms with E-state index in [1.807, 2.05) is 25.1 Å². The summed E-state index contributed by atoms with van der Waals surface area (Å²) in [5.41, 5.74) is 0.834. The Morgan fingerprint density at radius 3 is 2.89 bits per heavy atom. The van der Waals surface area contributed by atoms with Crippen LogP contribution in [0.15, 0.2) is 23.1 Å². The van der Waals surface area contributed by atoms with Crippen LogP contribution in [-0.2, 0) is 9.53 Å². The van der Waals surface area contributed by atoms with E-state index < -0.39 is 0 Å². The summed E-state index contributed by atoms with van der Waals surface area (Å²) in [5, 5.41) is 14.3. The number of amides is 1. The van der Waals surface area contributed by atoms with Crippen molar-refractivity contribution in [2.75, 3.05) is 57.8 Å². The van der Waals surface area contributed by atoms with E-state index in [9.17, 15) is 4.79 Å². The number of thioether (sulfide) groups is 1. The van der Waals surface area contributed by atoms with Gasteiger partial charge in [-0.25, -0.2) is 4.98 Å². The molecule has 1 amide bonds. The molecular formula is C18H23N5O2S2. The Bertz CT molecular complexity index is 812. The number of nitrogens with one attached hydrogen (secondary N) is 1. The Hall–Kier alpha value is -1.70. The van der Waals surface area contributed by atoms with Gasteiger partial charge in [0.1, 0.15) is 5.40 Å². The van der Waals surface area contributed by atoms with Crippen molar-refractivity contribution in [3.63, 3.8) is 0 Å². The van der Waals surface area contributed by atoms with E-state index in [4.69, 9.17) is 10.00 Å². The molecule has 3 rings (SSSR count). The van der Waals surface area contributed by atoms with Gasteiger partial charge in [-0.3, -0.25) is 14.6 Å². The van der Waals surface area contributed by atoms with Crippen molar-refractivity contribution in [1.82, 2.24) is 14.8 Å². The van der Waals surface area contributed by atoms with Crippen LogP contribution in [0, 0.1) is 10.7 Å². The number of rotatable bonds is 8. The zero-order valence-corrected chi connectivity index (χ0v) is 16.9. The molecule has 2 heterocycles. The van der Waals surface area contributed by atoms with Gasteiger partial charge in [-0.1, -0.05) is 11.3 Å². The molecule has 0 radical (unpaired) electrons. The minimum atomic E-state index is -0.0385. The van der Waals surface area contributed by atoms with Gasteiger partial charge in [-0.2, -0.15) is 5.26 Å². The lowest BCUT2D eigenvalue weighted by molar-refractivity contribution is -0.117. The maximum atomic E-state index is 12.4. The smallest absolute Gasteiger partial charge is 0.240 e. The van der Waals surface area contributed by atoms with Gasteiger partial charge in [-0.15, -0.1) is 0 Å². The molecule has 0 aliphatic carbocycles. The number of carbonyl (C=O) groups excluding carboxylic acids is 1. The summed E-state index contributed by atoms with van der Waals surface area (Å²) >= 11 is 2.55. The molecule has 0 atom stereocenters. The van der Waals surface area contributed by atoms with Gasteiger partial charge in [0, 0.05) is 44.2 Å². The van der Waals surface area contributed by atoms with Crippen molar-refractivity contribution >= 4 is 44.4 Å². The summed E-state index contributed by atoms with van der Waals surface area (Å²) in [6, 6.07) is 5.67. The third-order valence-corrected chi connectivity index (χ3v) is 5.87. The van der Waals surface area contributed by atoms with Crippen molar-refractivity contribution < 1.29 is 9.53 Å². The van der Waals surface area contributed by atoms with E-state index in [-0.39, 0.29) is 5.91 Å². The van der Waals surface area contributed by atoms with Crippen LogP contribution < -0.4 is 5.32 Å². The highest BCUT2D eigenvalue weighted by Crippen LogP contribution is 2.29. The number of fused-ring (bicyclic) bond motifs is 1. The van der Waals surface area contributed by atoms with Gasteiger partial charge < -0.3 is 10.1 Å². The first-order valence-corrected chi connectivity index (χ1v) is 10.6. The van der Waals surface area contributed by atoms with Gasteiger partial charge >= 0.3 is 0 Å². The largest absolute Gasteiger partial charge is 0.380 e. The number of hydrogen-bond donors (Lipinski definition) is 1. The van der Waals surface area contributed by atoms with Crippen molar-refractivity contribution in [3.05, 3.63) is 18.2 Å². The number of carbonyl (C=O) groups is 1. The fraction of sp³-hybridized carbons (Fsp3) is 0.500. The van der Waals surface area contributed by atoms with Crippen LogP contribution in [0.1, 0.15) is 6.92 Å². The lowest BCUT2D eigenvalue weighted by atomic mass is 10.3. The molecule has 1 aliphatic heterocycles. The maximum absolute atomic E-state index is 12.4. The molecule has 144 valence electrons. The molecular weight excluding hydrogens is 382 g/mol. The SMILES string of the molecule is CCOCCN1CCN(CC(=O)Nc2nc3ccc(SC#N)cc3s2)CC1. The summed E-state index contributed by atoms with van der Waals surface area (Å²) in [6.45, 7) is 8.54. The zero-order chi connectivity index (χ0) is 19.1. The number of anilines is 1. The van der Waals surface area contributed by atoms with Crippen LogP contribution in [0.2, 0.25) is 0 Å². The molecule has 1 aromatic carbocycles. The zero-order valence-electron chi connectivity index (χ0n) is 15.3. The first-order chi connectivity index (χ1) is 13.2. The highest BCUT2D eigenvalue weighted by molar-refractivity contribution is 8.03. The van der Waals surface area contributed by atoms with Crippen LogP contribution in [0.25, 0.3) is 10.2 Å². The third kappa shape index (κ3) is 5.89. The van der Waals surface area contributed by atoms with Crippen LogP contribution in [0.5, 0.6) is 0 Å². The van der Waals surface area contributed by atoms with Gasteiger partial charge in [0.25, 0.3) is 0 Å². The third-order valence-electron chi connectivity index (χ3n) is 4.36. The number of aromatic nitrogens is 1. The van der Waals surface area contributed by atoms with Crippen LogP contribution in [0.4, 0.5) is 5.13 Å². The van der Waals surface area contributed by atoms with E-state index in [2.05, 4.69) is 25.5 Å². The second-order valence-corrected chi connectivity index (χ2v) is 8.09. The highest BCUT2D eigenvalue weighted by atomic mass is 32.2. The minimum absolute atomic E-state index is 0.0385. The van der Waals surface area contributed by atoms with Crippen molar-refractivity contribution in [2.45, 2.75) is 11.8 Å². The number of piperazine rings is 1. The van der Waals surface area contributed by atoms with E-state index in [1.165, 1.54) is 11.3 Å². The van der Waals surface area contributed by atoms with Crippen LogP contribution in [-0.4, -0.2) is 73.2 Å². The molecule has 2 aromatic rings. The summed E-state index contributed by atoms with van der Waals surface area (Å²) < 4.78 is 6.36. The quantitative estimate of drug-likeness (QED) is 0.410. The molecule has 1 aliphatic rings. The topological polar surface area (TPSA) is 81.5 Å². The Morgan fingerprint density at radius 1 is 1.37 bits per heavy atom. The first kappa shape index (κ1) is 20.0. The molecule has 1 fully saturated rings. The number of benzene rings is 1.